The number of carbonyl (C=O) groups excluding carboxylic acids is 1. The number of ether oxygens (including phenoxy) is 1. The summed E-state index contributed by atoms with van der Waals surface area (Å²) in [6.07, 6.45) is 5.18. The van der Waals surface area contributed by atoms with Crippen molar-refractivity contribution in [2.45, 2.75) is 44.8 Å². The van der Waals surface area contributed by atoms with Crippen LogP contribution in [0.4, 0.5) is 0 Å². The van der Waals surface area contributed by atoms with Crippen LogP contribution in [0.5, 0.6) is 0 Å². The highest BCUT2D eigenvalue weighted by Gasteiger charge is 2.56. The van der Waals surface area contributed by atoms with E-state index in [4.69, 9.17) is 10.5 Å². The molecule has 0 bridgehead atoms. The minimum Gasteiger partial charge on any atom is -0.373 e. The molecule has 4 atom stereocenters. The molecule has 3 aliphatic rings. The van der Waals surface area contributed by atoms with Crippen LogP contribution in [0.15, 0.2) is 0 Å². The molecule has 102 valence electrons. The number of fused-ring (bicyclic) bond motifs is 1. The Morgan fingerprint density at radius 2 is 2.00 bits per heavy atom. The Labute approximate surface area is 109 Å². The summed E-state index contributed by atoms with van der Waals surface area (Å²) in [6.45, 7) is 4.03. The second-order valence-electron chi connectivity index (χ2n) is 6.19. The molecule has 0 radical (unpaired) electrons. The van der Waals surface area contributed by atoms with E-state index in [1.165, 1.54) is 25.7 Å². The van der Waals surface area contributed by atoms with Gasteiger partial charge in [-0.25, -0.2) is 0 Å². The normalized spacial score (nSPS) is 41.1. The van der Waals surface area contributed by atoms with Crippen molar-refractivity contribution in [3.05, 3.63) is 0 Å². The van der Waals surface area contributed by atoms with Crippen molar-refractivity contribution in [3.63, 3.8) is 0 Å². The number of rotatable bonds is 2. The van der Waals surface area contributed by atoms with Crippen LogP contribution in [0.2, 0.25) is 0 Å². The maximum atomic E-state index is 12.5. The highest BCUT2D eigenvalue weighted by Crippen LogP contribution is 2.56. The van der Waals surface area contributed by atoms with Crippen LogP contribution < -0.4 is 5.73 Å². The lowest BCUT2D eigenvalue weighted by atomic mass is 10.0. The summed E-state index contributed by atoms with van der Waals surface area (Å²) in [5, 5.41) is 0. The fourth-order valence-electron chi connectivity index (χ4n) is 3.76. The summed E-state index contributed by atoms with van der Waals surface area (Å²) >= 11 is 0. The van der Waals surface area contributed by atoms with Crippen molar-refractivity contribution >= 4 is 5.91 Å². The van der Waals surface area contributed by atoms with E-state index >= 15 is 0 Å². The van der Waals surface area contributed by atoms with Crippen molar-refractivity contribution in [2.75, 3.05) is 19.7 Å². The fraction of sp³-hybridized carbons (Fsp3) is 0.929. The molecule has 2 saturated carbocycles. The number of amides is 1. The van der Waals surface area contributed by atoms with Crippen LogP contribution in [-0.2, 0) is 9.53 Å². The molecular weight excluding hydrogens is 228 g/mol. The van der Waals surface area contributed by atoms with E-state index in [0.717, 1.165) is 6.54 Å². The van der Waals surface area contributed by atoms with Gasteiger partial charge in [0.25, 0.3) is 0 Å². The van der Waals surface area contributed by atoms with E-state index in [1.807, 2.05) is 11.8 Å². The number of hydrogen-bond acceptors (Lipinski definition) is 3. The van der Waals surface area contributed by atoms with Gasteiger partial charge in [-0.3, -0.25) is 4.79 Å². The fourth-order valence-corrected chi connectivity index (χ4v) is 3.76. The Morgan fingerprint density at radius 1 is 1.33 bits per heavy atom. The topological polar surface area (TPSA) is 55.6 Å². The highest BCUT2D eigenvalue weighted by atomic mass is 16.5. The zero-order valence-electron chi connectivity index (χ0n) is 11.2. The number of hydrogen-bond donors (Lipinski definition) is 1. The molecule has 0 aromatic heterocycles. The number of nitrogens with zero attached hydrogens (tertiary/aromatic N) is 1. The molecule has 1 aliphatic heterocycles. The van der Waals surface area contributed by atoms with E-state index in [1.54, 1.807) is 0 Å². The van der Waals surface area contributed by atoms with Gasteiger partial charge in [0.15, 0.2) is 0 Å². The van der Waals surface area contributed by atoms with Crippen LogP contribution in [0, 0.1) is 17.8 Å². The van der Waals surface area contributed by atoms with E-state index in [2.05, 4.69) is 0 Å². The predicted octanol–water partition coefficient (Wildman–Crippen LogP) is 0.997. The van der Waals surface area contributed by atoms with Crippen molar-refractivity contribution in [1.29, 1.82) is 0 Å². The van der Waals surface area contributed by atoms with Crippen LogP contribution in [-0.4, -0.2) is 42.6 Å². The van der Waals surface area contributed by atoms with Gasteiger partial charge in [0.2, 0.25) is 5.91 Å². The summed E-state index contributed by atoms with van der Waals surface area (Å²) in [7, 11) is 0. The minimum absolute atomic E-state index is 0.00193. The van der Waals surface area contributed by atoms with E-state index in [0.29, 0.717) is 36.8 Å². The monoisotopic (exact) mass is 252 g/mol. The second-order valence-corrected chi connectivity index (χ2v) is 6.19. The van der Waals surface area contributed by atoms with Gasteiger partial charge in [0.05, 0.1) is 12.7 Å². The summed E-state index contributed by atoms with van der Waals surface area (Å²) in [6, 6.07) is 0.00193. The van der Waals surface area contributed by atoms with Gasteiger partial charge in [-0.2, -0.15) is 0 Å². The van der Waals surface area contributed by atoms with E-state index < -0.39 is 0 Å². The zero-order valence-corrected chi connectivity index (χ0v) is 11.2. The summed E-state index contributed by atoms with van der Waals surface area (Å²) in [5.41, 5.74) is 5.88. The van der Waals surface area contributed by atoms with Crippen LogP contribution in [0.1, 0.15) is 32.6 Å². The Hall–Kier alpha value is -0.610. The molecule has 1 amide bonds. The van der Waals surface area contributed by atoms with Gasteiger partial charge in [-0.05, 0) is 31.6 Å². The van der Waals surface area contributed by atoms with Gasteiger partial charge in [-0.15, -0.1) is 0 Å². The third-order valence-corrected chi connectivity index (χ3v) is 4.93. The van der Waals surface area contributed by atoms with Gasteiger partial charge in [0.1, 0.15) is 0 Å². The Bertz CT molecular complexity index is 320. The zero-order chi connectivity index (χ0) is 12.7. The average molecular weight is 252 g/mol. The van der Waals surface area contributed by atoms with Crippen molar-refractivity contribution in [3.8, 4) is 0 Å². The lowest BCUT2D eigenvalue weighted by Crippen LogP contribution is -2.52. The van der Waals surface area contributed by atoms with Crippen molar-refractivity contribution in [2.24, 2.45) is 23.5 Å². The average Bonchev–Trinajstić information content (AvgIpc) is 3.12. The molecule has 0 spiro atoms. The van der Waals surface area contributed by atoms with E-state index in [9.17, 15) is 4.79 Å². The SMILES string of the molecule is CC(N)C1CN(C(=O)C2C3CCCCC32)CCO1. The van der Waals surface area contributed by atoms with Gasteiger partial charge < -0.3 is 15.4 Å². The third-order valence-electron chi connectivity index (χ3n) is 4.93. The number of carbonyl (C=O) groups is 1. The van der Waals surface area contributed by atoms with Crippen molar-refractivity contribution < 1.29 is 9.53 Å². The highest BCUT2D eigenvalue weighted by molar-refractivity contribution is 5.82. The lowest BCUT2D eigenvalue weighted by Gasteiger charge is -2.35. The molecule has 3 fully saturated rings. The Kier molecular flexibility index (Phi) is 3.32. The second kappa shape index (κ2) is 4.82. The van der Waals surface area contributed by atoms with Crippen LogP contribution in [0.3, 0.4) is 0 Å². The van der Waals surface area contributed by atoms with Gasteiger partial charge >= 0.3 is 0 Å². The molecule has 4 heteroatoms. The van der Waals surface area contributed by atoms with Gasteiger partial charge in [-0.1, -0.05) is 12.8 Å². The van der Waals surface area contributed by atoms with Gasteiger partial charge in [0, 0.05) is 25.0 Å². The molecule has 2 N–H and O–H groups in total. The number of nitrogens with two attached hydrogens (primary N) is 1. The maximum Gasteiger partial charge on any atom is 0.226 e. The molecule has 2 aliphatic carbocycles. The van der Waals surface area contributed by atoms with E-state index in [-0.39, 0.29) is 12.1 Å². The first kappa shape index (κ1) is 12.4. The smallest absolute Gasteiger partial charge is 0.226 e. The molecule has 0 aromatic carbocycles. The first-order valence-electron chi connectivity index (χ1n) is 7.34. The molecular formula is C14H24N2O2. The summed E-state index contributed by atoms with van der Waals surface area (Å²) in [4.78, 5) is 14.5. The molecule has 4 nitrogen and oxygen atoms in total. The summed E-state index contributed by atoms with van der Waals surface area (Å²) < 4.78 is 5.62. The standard InChI is InChI=1S/C14H24N2O2/c1-9(15)12-8-16(6-7-18-12)14(17)13-10-4-2-3-5-11(10)13/h9-13H,2-8,15H2,1H3. The van der Waals surface area contributed by atoms with Crippen LogP contribution >= 0.6 is 0 Å². The minimum atomic E-state index is 0.00193. The first-order chi connectivity index (χ1) is 8.68. The first-order valence-corrected chi connectivity index (χ1v) is 7.34. The Balaban J connectivity index is 1.59. The largest absolute Gasteiger partial charge is 0.373 e. The maximum absolute atomic E-state index is 12.5. The summed E-state index contributed by atoms with van der Waals surface area (Å²) in [5.74, 6) is 2.10. The Morgan fingerprint density at radius 3 is 2.61 bits per heavy atom. The molecule has 1 saturated heterocycles. The molecule has 1 heterocycles. The number of morpholine rings is 1. The third kappa shape index (κ3) is 2.16. The lowest BCUT2D eigenvalue weighted by molar-refractivity contribution is -0.141. The quantitative estimate of drug-likeness (QED) is 0.797. The molecule has 4 unspecified atom stereocenters. The molecule has 18 heavy (non-hydrogen) atoms. The molecule has 0 aromatic rings. The molecule has 3 rings (SSSR count). The van der Waals surface area contributed by atoms with Crippen molar-refractivity contribution in [1.82, 2.24) is 4.90 Å². The predicted molar refractivity (Wildman–Crippen MR) is 68.9 cm³/mol. The van der Waals surface area contributed by atoms with Crippen LogP contribution in [0.25, 0.3) is 0 Å².